The molecule has 1 aromatic carbocycles. The molecule has 2 aromatic rings. The smallest absolute Gasteiger partial charge is 0.0584 e. The normalized spacial score (nSPS) is 12.5. The van der Waals surface area contributed by atoms with E-state index >= 15 is 0 Å². The van der Waals surface area contributed by atoms with Crippen molar-refractivity contribution in [2.24, 2.45) is 5.16 Å². The van der Waals surface area contributed by atoms with E-state index in [1.807, 2.05) is 13.0 Å². The minimum atomic E-state index is 0.686. The minimum absolute atomic E-state index is 0.686. The number of hydrogen-bond acceptors (Lipinski definition) is 3. The molecule has 4 heteroatoms. The molecule has 0 aliphatic heterocycles. The lowest BCUT2D eigenvalue weighted by atomic mass is 10.1. The monoisotopic (exact) mass is 259 g/mol. The van der Waals surface area contributed by atoms with Gasteiger partial charge in [0.15, 0.2) is 0 Å². The van der Waals surface area contributed by atoms with Crippen molar-refractivity contribution < 1.29 is 5.21 Å². The van der Waals surface area contributed by atoms with E-state index in [0.29, 0.717) is 6.42 Å². The van der Waals surface area contributed by atoms with Crippen molar-refractivity contribution in [1.29, 1.82) is 0 Å². The third kappa shape index (κ3) is 3.15. The number of nitrogens with zero attached hydrogens (tertiary/aromatic N) is 3. The molecule has 0 saturated carbocycles. The van der Waals surface area contributed by atoms with E-state index in [1.165, 1.54) is 16.5 Å². The molecular formula is C15H21N3O. The van der Waals surface area contributed by atoms with Gasteiger partial charge in [-0.2, -0.15) is 0 Å². The zero-order valence-corrected chi connectivity index (χ0v) is 11.8. The van der Waals surface area contributed by atoms with Gasteiger partial charge in [0.1, 0.15) is 0 Å². The fraction of sp³-hybridized carbons (Fsp3) is 0.400. The summed E-state index contributed by atoms with van der Waals surface area (Å²) in [7, 11) is 4.16. The van der Waals surface area contributed by atoms with Crippen LogP contribution in [0.25, 0.3) is 10.9 Å². The topological polar surface area (TPSA) is 40.8 Å². The van der Waals surface area contributed by atoms with E-state index in [4.69, 9.17) is 5.21 Å². The van der Waals surface area contributed by atoms with Gasteiger partial charge in [-0.1, -0.05) is 23.4 Å². The molecule has 0 fully saturated rings. The second kappa shape index (κ2) is 5.89. The van der Waals surface area contributed by atoms with Crippen molar-refractivity contribution >= 4 is 16.6 Å². The van der Waals surface area contributed by atoms with Gasteiger partial charge in [0.25, 0.3) is 0 Å². The van der Waals surface area contributed by atoms with E-state index in [2.05, 4.69) is 53.1 Å². The maximum absolute atomic E-state index is 8.83. The fourth-order valence-corrected chi connectivity index (χ4v) is 2.27. The first-order chi connectivity index (χ1) is 9.11. The maximum Gasteiger partial charge on any atom is 0.0584 e. The first-order valence-electron chi connectivity index (χ1n) is 6.51. The van der Waals surface area contributed by atoms with Crippen molar-refractivity contribution in [3.05, 3.63) is 36.0 Å². The Bertz CT molecular complexity index is 584. The number of likely N-dealkylation sites (N-methyl/N-ethyl adjacent to an activating group) is 1. The highest BCUT2D eigenvalue weighted by atomic mass is 16.4. The molecular weight excluding hydrogens is 238 g/mol. The Hall–Kier alpha value is -1.81. The number of rotatable bonds is 5. The second-order valence-electron chi connectivity index (χ2n) is 5.18. The molecule has 2 rings (SSSR count). The van der Waals surface area contributed by atoms with Crippen LogP contribution in [-0.4, -0.2) is 41.0 Å². The largest absolute Gasteiger partial charge is 0.411 e. The van der Waals surface area contributed by atoms with Crippen molar-refractivity contribution in [1.82, 2.24) is 9.47 Å². The molecule has 1 aromatic heterocycles. The van der Waals surface area contributed by atoms with Crippen LogP contribution in [0.1, 0.15) is 12.5 Å². The average Bonchev–Trinajstić information content (AvgIpc) is 2.75. The van der Waals surface area contributed by atoms with Gasteiger partial charge in [0, 0.05) is 36.6 Å². The van der Waals surface area contributed by atoms with Gasteiger partial charge >= 0.3 is 0 Å². The molecule has 4 nitrogen and oxygen atoms in total. The Morgan fingerprint density at radius 1 is 1.32 bits per heavy atom. The molecule has 19 heavy (non-hydrogen) atoms. The highest BCUT2D eigenvalue weighted by Gasteiger charge is 2.09. The third-order valence-corrected chi connectivity index (χ3v) is 3.28. The molecule has 0 aliphatic rings. The zero-order chi connectivity index (χ0) is 13.8. The quantitative estimate of drug-likeness (QED) is 0.509. The summed E-state index contributed by atoms with van der Waals surface area (Å²) in [6, 6.07) is 8.38. The van der Waals surface area contributed by atoms with Crippen LogP contribution < -0.4 is 0 Å². The Balaban J connectivity index is 2.36. The molecule has 102 valence electrons. The lowest BCUT2D eigenvalue weighted by molar-refractivity contribution is 0.317. The molecule has 0 atom stereocenters. The molecule has 1 heterocycles. The van der Waals surface area contributed by atoms with Gasteiger partial charge in [0.05, 0.1) is 5.71 Å². The first kappa shape index (κ1) is 13.6. The van der Waals surface area contributed by atoms with Crippen LogP contribution >= 0.6 is 0 Å². The summed E-state index contributed by atoms with van der Waals surface area (Å²) in [5.74, 6) is 0. The van der Waals surface area contributed by atoms with E-state index < -0.39 is 0 Å². The summed E-state index contributed by atoms with van der Waals surface area (Å²) in [6.07, 6.45) is 2.86. The van der Waals surface area contributed by atoms with Gasteiger partial charge in [-0.15, -0.1) is 0 Å². The van der Waals surface area contributed by atoms with Crippen LogP contribution in [0.15, 0.2) is 35.6 Å². The SMILES string of the molecule is C/C(Cc1cn(CCN(C)C)c2ccccc12)=N\O. The standard InChI is InChI=1S/C15H21N3O/c1-12(16-19)10-13-11-18(9-8-17(2)3)15-7-5-4-6-14(13)15/h4-7,11,19H,8-10H2,1-3H3/b16-12+. The number of fused-ring (bicyclic) bond motifs is 1. The van der Waals surface area contributed by atoms with Gasteiger partial charge in [-0.3, -0.25) is 0 Å². The maximum atomic E-state index is 8.83. The number of aromatic nitrogens is 1. The van der Waals surface area contributed by atoms with Gasteiger partial charge in [-0.25, -0.2) is 0 Å². The average molecular weight is 259 g/mol. The number of benzene rings is 1. The molecule has 0 spiro atoms. The van der Waals surface area contributed by atoms with Gasteiger partial charge < -0.3 is 14.7 Å². The highest BCUT2D eigenvalue weighted by Crippen LogP contribution is 2.22. The molecule has 0 radical (unpaired) electrons. The summed E-state index contributed by atoms with van der Waals surface area (Å²) < 4.78 is 2.27. The third-order valence-electron chi connectivity index (χ3n) is 3.28. The van der Waals surface area contributed by atoms with Crippen molar-refractivity contribution in [3.63, 3.8) is 0 Å². The summed E-state index contributed by atoms with van der Waals surface area (Å²) in [6.45, 7) is 3.81. The predicted octanol–water partition coefficient (Wildman–Crippen LogP) is 2.60. The molecule has 0 amide bonds. The number of para-hydroxylation sites is 1. The lowest BCUT2D eigenvalue weighted by Gasteiger charge is -2.10. The Kier molecular flexibility index (Phi) is 4.22. The number of oxime groups is 1. The number of hydrogen-bond donors (Lipinski definition) is 1. The fourth-order valence-electron chi connectivity index (χ4n) is 2.27. The molecule has 0 aliphatic carbocycles. The summed E-state index contributed by atoms with van der Waals surface area (Å²) >= 11 is 0. The molecule has 1 N–H and O–H groups in total. The van der Waals surface area contributed by atoms with Crippen LogP contribution in [0.3, 0.4) is 0 Å². The van der Waals surface area contributed by atoms with Crippen LogP contribution in [0.2, 0.25) is 0 Å². The Labute approximate surface area is 113 Å². The second-order valence-corrected chi connectivity index (χ2v) is 5.18. The van der Waals surface area contributed by atoms with Crippen molar-refractivity contribution in [3.8, 4) is 0 Å². The van der Waals surface area contributed by atoms with Gasteiger partial charge in [-0.05, 0) is 32.6 Å². The van der Waals surface area contributed by atoms with Gasteiger partial charge in [0.2, 0.25) is 0 Å². The summed E-state index contributed by atoms with van der Waals surface area (Å²) in [5.41, 5.74) is 3.19. The molecule has 0 saturated heterocycles. The predicted molar refractivity (Wildman–Crippen MR) is 79.1 cm³/mol. The van der Waals surface area contributed by atoms with E-state index in [0.717, 1.165) is 18.8 Å². The van der Waals surface area contributed by atoms with Crippen LogP contribution in [0.4, 0.5) is 0 Å². The van der Waals surface area contributed by atoms with E-state index in [9.17, 15) is 0 Å². The van der Waals surface area contributed by atoms with Crippen LogP contribution in [0.5, 0.6) is 0 Å². The zero-order valence-electron chi connectivity index (χ0n) is 11.8. The van der Waals surface area contributed by atoms with Crippen LogP contribution in [0, 0.1) is 0 Å². The summed E-state index contributed by atoms with van der Waals surface area (Å²) in [4.78, 5) is 2.18. The van der Waals surface area contributed by atoms with E-state index in [1.54, 1.807) is 0 Å². The Morgan fingerprint density at radius 2 is 2.05 bits per heavy atom. The lowest BCUT2D eigenvalue weighted by Crippen LogP contribution is -2.17. The van der Waals surface area contributed by atoms with Crippen molar-refractivity contribution in [2.75, 3.05) is 20.6 Å². The first-order valence-corrected chi connectivity index (χ1v) is 6.51. The highest BCUT2D eigenvalue weighted by molar-refractivity contribution is 5.91. The minimum Gasteiger partial charge on any atom is -0.411 e. The Morgan fingerprint density at radius 3 is 2.74 bits per heavy atom. The molecule has 0 bridgehead atoms. The molecule has 0 unspecified atom stereocenters. The van der Waals surface area contributed by atoms with E-state index in [-0.39, 0.29) is 0 Å². The van der Waals surface area contributed by atoms with Crippen molar-refractivity contribution in [2.45, 2.75) is 19.9 Å². The van der Waals surface area contributed by atoms with Crippen LogP contribution in [-0.2, 0) is 13.0 Å². The summed E-state index contributed by atoms with van der Waals surface area (Å²) in [5, 5.41) is 13.3.